The predicted molar refractivity (Wildman–Crippen MR) is 84.5 cm³/mol. The number of hydrogen-bond acceptors (Lipinski definition) is 0. The fourth-order valence-electron chi connectivity index (χ4n) is 2.13. The maximum absolute atomic E-state index is 13.0. The molecule has 0 saturated carbocycles. The molecular weight excluding hydrogens is 318 g/mol. The first-order valence-corrected chi connectivity index (χ1v) is 7.62. The van der Waals surface area contributed by atoms with Gasteiger partial charge in [-0.2, -0.15) is 0 Å². The molecule has 0 aromatic heterocycles. The third-order valence-corrected chi connectivity index (χ3v) is 4.22. The van der Waals surface area contributed by atoms with Crippen molar-refractivity contribution in [2.45, 2.75) is 12.8 Å². The largest absolute Gasteiger partial charge is 0.207 e. The number of rotatable bonds is 5. The molecule has 0 heterocycles. The molecule has 0 nitrogen and oxygen atoms in total. The lowest BCUT2D eigenvalue weighted by Gasteiger charge is -2.15. The predicted octanol–water partition coefficient (Wildman–Crippen LogP) is 5.77. The Bertz CT molecular complexity index is 566. The molecule has 0 aliphatic heterocycles. The molecule has 1 unspecified atom stereocenters. The maximum atomic E-state index is 13.0. The lowest BCUT2D eigenvalue weighted by Crippen LogP contribution is -2.10. The van der Waals surface area contributed by atoms with E-state index in [4.69, 9.17) is 34.8 Å². The second-order valence-corrected chi connectivity index (χ2v) is 5.94. The lowest BCUT2D eigenvalue weighted by molar-refractivity contribution is 0.581. The van der Waals surface area contributed by atoms with Gasteiger partial charge in [0.1, 0.15) is 5.82 Å². The summed E-state index contributed by atoms with van der Waals surface area (Å²) >= 11 is 18.0. The van der Waals surface area contributed by atoms with Gasteiger partial charge >= 0.3 is 0 Å². The smallest absolute Gasteiger partial charge is 0.124 e. The van der Waals surface area contributed by atoms with Gasteiger partial charge in [-0.1, -0.05) is 41.4 Å². The van der Waals surface area contributed by atoms with Crippen LogP contribution in [0, 0.1) is 11.7 Å². The van der Waals surface area contributed by atoms with Gasteiger partial charge < -0.3 is 0 Å². The van der Waals surface area contributed by atoms with Gasteiger partial charge in [0.15, 0.2) is 0 Å². The first kappa shape index (κ1) is 15.6. The van der Waals surface area contributed by atoms with Crippen LogP contribution in [0.4, 0.5) is 4.39 Å². The van der Waals surface area contributed by atoms with Crippen molar-refractivity contribution in [3.63, 3.8) is 0 Å². The highest BCUT2D eigenvalue weighted by Gasteiger charge is 2.12. The number of benzene rings is 2. The third-order valence-electron chi connectivity index (χ3n) is 3.18. The Labute approximate surface area is 133 Å². The van der Waals surface area contributed by atoms with Crippen LogP contribution in [0.25, 0.3) is 0 Å². The summed E-state index contributed by atoms with van der Waals surface area (Å²) in [5, 5.41) is 1.17. The molecule has 0 radical (unpaired) electrons. The normalized spacial score (nSPS) is 12.4. The fraction of sp³-hybridized carbons (Fsp3) is 0.250. The molecule has 0 spiro atoms. The van der Waals surface area contributed by atoms with Gasteiger partial charge in [-0.25, -0.2) is 4.39 Å². The van der Waals surface area contributed by atoms with Crippen LogP contribution in [0.15, 0.2) is 42.5 Å². The summed E-state index contributed by atoms with van der Waals surface area (Å²) in [5.41, 5.74) is 2.10. The summed E-state index contributed by atoms with van der Waals surface area (Å²) in [4.78, 5) is 0. The number of halogens is 4. The average molecular weight is 332 g/mol. The summed E-state index contributed by atoms with van der Waals surface area (Å²) in [6, 6.07) is 12.2. The molecule has 0 saturated heterocycles. The zero-order valence-electron chi connectivity index (χ0n) is 10.8. The summed E-state index contributed by atoms with van der Waals surface area (Å²) in [7, 11) is 0. The molecule has 0 fully saturated rings. The van der Waals surface area contributed by atoms with Crippen molar-refractivity contribution in [1.29, 1.82) is 0 Å². The quantitative estimate of drug-likeness (QED) is 0.610. The molecule has 0 amide bonds. The minimum Gasteiger partial charge on any atom is -0.207 e. The van der Waals surface area contributed by atoms with Crippen LogP contribution in [0.1, 0.15) is 11.1 Å². The fourth-order valence-corrected chi connectivity index (χ4v) is 2.72. The minimum absolute atomic E-state index is 0.251. The van der Waals surface area contributed by atoms with Crippen molar-refractivity contribution >= 4 is 34.8 Å². The standard InChI is InChI=1S/C16H14Cl3F/c17-10-12(7-11-1-4-14(18)5-2-11)8-13-3-6-15(20)9-16(13)19/h1-6,9,12H,7-8,10H2. The zero-order valence-corrected chi connectivity index (χ0v) is 13.0. The Hall–Kier alpha value is -0.760. The van der Waals surface area contributed by atoms with Crippen LogP contribution in [0.2, 0.25) is 10.0 Å². The third kappa shape index (κ3) is 4.37. The number of hydrogen-bond donors (Lipinski definition) is 0. The molecule has 0 bridgehead atoms. The van der Waals surface area contributed by atoms with Crippen LogP contribution >= 0.6 is 34.8 Å². The van der Waals surface area contributed by atoms with E-state index >= 15 is 0 Å². The van der Waals surface area contributed by atoms with Gasteiger partial charge in [-0.3, -0.25) is 0 Å². The first-order valence-electron chi connectivity index (χ1n) is 6.33. The first-order chi connectivity index (χ1) is 9.58. The van der Waals surface area contributed by atoms with Gasteiger partial charge in [-0.15, -0.1) is 11.6 Å². The average Bonchev–Trinajstić information content (AvgIpc) is 2.43. The maximum Gasteiger partial charge on any atom is 0.124 e. The van der Waals surface area contributed by atoms with Crippen molar-refractivity contribution in [1.82, 2.24) is 0 Å². The topological polar surface area (TPSA) is 0 Å². The van der Waals surface area contributed by atoms with Crippen molar-refractivity contribution in [2.75, 3.05) is 5.88 Å². The Balaban J connectivity index is 2.07. The summed E-state index contributed by atoms with van der Waals surface area (Å²) in [6.07, 6.45) is 1.57. The molecule has 4 heteroatoms. The second kappa shape index (κ2) is 7.31. The van der Waals surface area contributed by atoms with Crippen molar-refractivity contribution in [2.24, 2.45) is 5.92 Å². The van der Waals surface area contributed by atoms with Gasteiger partial charge in [0.05, 0.1) is 0 Å². The van der Waals surface area contributed by atoms with E-state index in [1.165, 1.54) is 17.7 Å². The van der Waals surface area contributed by atoms with Gasteiger partial charge in [0, 0.05) is 15.9 Å². The summed E-state index contributed by atoms with van der Waals surface area (Å²) in [6.45, 7) is 0. The molecule has 106 valence electrons. The van der Waals surface area contributed by atoms with Crippen LogP contribution in [-0.4, -0.2) is 5.88 Å². The minimum atomic E-state index is -0.320. The Morgan fingerprint density at radius 3 is 2.25 bits per heavy atom. The molecule has 0 aliphatic carbocycles. The number of alkyl halides is 1. The van der Waals surface area contributed by atoms with E-state index in [0.29, 0.717) is 10.9 Å². The molecule has 0 N–H and O–H groups in total. The Morgan fingerprint density at radius 1 is 0.950 bits per heavy atom. The van der Waals surface area contributed by atoms with E-state index in [-0.39, 0.29) is 11.7 Å². The van der Waals surface area contributed by atoms with E-state index in [9.17, 15) is 4.39 Å². The van der Waals surface area contributed by atoms with E-state index in [1.54, 1.807) is 6.07 Å². The molecule has 2 aromatic carbocycles. The zero-order chi connectivity index (χ0) is 14.5. The molecule has 1 atom stereocenters. The van der Waals surface area contributed by atoms with Crippen molar-refractivity contribution in [3.05, 3.63) is 69.5 Å². The summed E-state index contributed by atoms with van der Waals surface area (Å²) in [5.74, 6) is 0.454. The highest BCUT2D eigenvalue weighted by atomic mass is 35.5. The van der Waals surface area contributed by atoms with Gasteiger partial charge in [0.25, 0.3) is 0 Å². The van der Waals surface area contributed by atoms with Crippen molar-refractivity contribution < 1.29 is 4.39 Å². The lowest BCUT2D eigenvalue weighted by atomic mass is 9.94. The van der Waals surface area contributed by atoms with Crippen LogP contribution in [0.3, 0.4) is 0 Å². The molecule has 2 aromatic rings. The van der Waals surface area contributed by atoms with Gasteiger partial charge in [-0.05, 0) is 54.2 Å². The molecule has 0 aliphatic rings. The molecular formula is C16H14Cl3F. The molecule has 2 rings (SSSR count). The highest BCUT2D eigenvalue weighted by Crippen LogP contribution is 2.23. The summed E-state index contributed by atoms with van der Waals surface area (Å²) < 4.78 is 13.0. The van der Waals surface area contributed by atoms with E-state index in [2.05, 4.69) is 0 Å². The van der Waals surface area contributed by atoms with E-state index < -0.39 is 0 Å². The van der Waals surface area contributed by atoms with Gasteiger partial charge in [0.2, 0.25) is 0 Å². The molecule has 20 heavy (non-hydrogen) atoms. The Morgan fingerprint density at radius 2 is 1.65 bits per heavy atom. The van der Waals surface area contributed by atoms with Crippen LogP contribution < -0.4 is 0 Å². The highest BCUT2D eigenvalue weighted by molar-refractivity contribution is 6.31. The Kier molecular flexibility index (Phi) is 5.71. The van der Waals surface area contributed by atoms with Crippen LogP contribution in [0.5, 0.6) is 0 Å². The van der Waals surface area contributed by atoms with Crippen LogP contribution in [-0.2, 0) is 12.8 Å². The second-order valence-electron chi connectivity index (χ2n) is 4.79. The SMILES string of the molecule is Fc1ccc(CC(CCl)Cc2ccc(Cl)cc2)c(Cl)c1. The van der Waals surface area contributed by atoms with E-state index in [0.717, 1.165) is 23.4 Å². The van der Waals surface area contributed by atoms with E-state index in [1.807, 2.05) is 24.3 Å². The van der Waals surface area contributed by atoms with Crippen molar-refractivity contribution in [3.8, 4) is 0 Å². The monoisotopic (exact) mass is 330 g/mol.